The van der Waals surface area contributed by atoms with Gasteiger partial charge < -0.3 is 9.64 Å². The molecule has 0 saturated heterocycles. The van der Waals surface area contributed by atoms with Crippen molar-refractivity contribution in [2.24, 2.45) is 0 Å². The van der Waals surface area contributed by atoms with E-state index in [1.807, 2.05) is 0 Å². The lowest BCUT2D eigenvalue weighted by atomic mass is 10.0. The van der Waals surface area contributed by atoms with Crippen molar-refractivity contribution in [1.29, 1.82) is 0 Å². The molecular weight excluding hydrogens is 414 g/mol. The van der Waals surface area contributed by atoms with Crippen molar-refractivity contribution in [3.63, 3.8) is 0 Å². The summed E-state index contributed by atoms with van der Waals surface area (Å²) in [6, 6.07) is 0. The first-order valence-electron chi connectivity index (χ1n) is 11.6. The molecule has 0 aromatic rings. The number of rotatable bonds is 20. The minimum absolute atomic E-state index is 0. The Bertz CT molecular complexity index is 361. The number of esters is 1. The lowest BCUT2D eigenvalue weighted by molar-refractivity contribution is -0.139. The summed E-state index contributed by atoms with van der Waals surface area (Å²) >= 11 is 0. The van der Waals surface area contributed by atoms with Crippen LogP contribution in [0.5, 0.6) is 0 Å². The second kappa shape index (κ2) is 22.9. The van der Waals surface area contributed by atoms with Gasteiger partial charge in [0.1, 0.15) is 6.61 Å². The van der Waals surface area contributed by atoms with Crippen LogP contribution in [0.3, 0.4) is 0 Å². The fraction of sp³-hybridized carbons (Fsp3) is 0.875. The fourth-order valence-corrected chi connectivity index (χ4v) is 3.28. The molecule has 3 nitrogen and oxygen atoms in total. The molecule has 0 aromatic heterocycles. The van der Waals surface area contributed by atoms with Gasteiger partial charge in [-0.15, -0.1) is 17.0 Å². The molecule has 0 fully saturated rings. The summed E-state index contributed by atoms with van der Waals surface area (Å²) in [7, 11) is 2.10. The normalized spacial score (nSPS) is 10.7. The lowest BCUT2D eigenvalue weighted by Crippen LogP contribution is -2.25. The van der Waals surface area contributed by atoms with Crippen LogP contribution in [0, 0.1) is 0 Å². The third-order valence-corrected chi connectivity index (χ3v) is 5.20. The van der Waals surface area contributed by atoms with E-state index in [9.17, 15) is 4.79 Å². The Labute approximate surface area is 186 Å². The molecule has 0 spiro atoms. The maximum Gasteiger partial charge on any atom is 0.333 e. The Balaban J connectivity index is 0. The third-order valence-electron chi connectivity index (χ3n) is 5.20. The van der Waals surface area contributed by atoms with Gasteiger partial charge in [0.25, 0.3) is 0 Å². The summed E-state index contributed by atoms with van der Waals surface area (Å²) in [5, 5.41) is 0. The van der Waals surface area contributed by atoms with Crippen molar-refractivity contribution in [3.8, 4) is 0 Å². The summed E-state index contributed by atoms with van der Waals surface area (Å²) in [5.41, 5.74) is 0.472. The van der Waals surface area contributed by atoms with Crippen LogP contribution >= 0.6 is 17.0 Å². The molecule has 168 valence electrons. The first-order valence-corrected chi connectivity index (χ1v) is 11.6. The Morgan fingerprint density at radius 1 is 0.750 bits per heavy atom. The molecule has 0 heterocycles. The predicted molar refractivity (Wildman–Crippen MR) is 129 cm³/mol. The van der Waals surface area contributed by atoms with Crippen LogP contribution in [0.2, 0.25) is 0 Å². The second-order valence-corrected chi connectivity index (χ2v) is 8.17. The molecule has 0 aliphatic carbocycles. The molecule has 0 rings (SSSR count). The van der Waals surface area contributed by atoms with E-state index in [0.29, 0.717) is 12.2 Å². The van der Waals surface area contributed by atoms with Crippen LogP contribution in [-0.4, -0.2) is 37.6 Å². The molecule has 0 aliphatic rings. The smallest absolute Gasteiger partial charge is 0.333 e. The second-order valence-electron chi connectivity index (χ2n) is 8.17. The van der Waals surface area contributed by atoms with Gasteiger partial charge in [-0.1, -0.05) is 103 Å². The van der Waals surface area contributed by atoms with Gasteiger partial charge in [0, 0.05) is 12.1 Å². The van der Waals surface area contributed by atoms with Crippen LogP contribution in [0.4, 0.5) is 0 Å². The zero-order valence-corrected chi connectivity index (χ0v) is 20.8. The molecule has 0 aromatic carbocycles. The van der Waals surface area contributed by atoms with Crippen molar-refractivity contribution >= 4 is 23.0 Å². The number of hydrogen-bond donors (Lipinski definition) is 0. The van der Waals surface area contributed by atoms with E-state index in [1.54, 1.807) is 6.92 Å². The lowest BCUT2D eigenvalue weighted by Gasteiger charge is -2.16. The number of carbonyl (C=O) groups excluding carboxylic acids is 1. The Kier molecular flexibility index (Phi) is 24.4. The SMILES string of the molecule is Br.C=C(C)C(=O)OCCN(C)CCCCCCCCCCCCCCCCC. The molecule has 0 unspecified atom stereocenters. The van der Waals surface area contributed by atoms with Gasteiger partial charge in [-0.25, -0.2) is 4.79 Å². The number of carbonyl (C=O) groups is 1. The number of ether oxygens (including phenoxy) is 1. The Morgan fingerprint density at radius 3 is 1.54 bits per heavy atom. The van der Waals surface area contributed by atoms with Crippen molar-refractivity contribution in [2.45, 2.75) is 110 Å². The number of likely N-dealkylation sites (N-methyl/N-ethyl adjacent to an activating group) is 1. The maximum atomic E-state index is 11.3. The van der Waals surface area contributed by atoms with Crippen molar-refractivity contribution in [3.05, 3.63) is 12.2 Å². The van der Waals surface area contributed by atoms with Gasteiger partial charge in [-0.2, -0.15) is 0 Å². The predicted octanol–water partition coefficient (Wildman–Crippen LogP) is 7.49. The van der Waals surface area contributed by atoms with Crippen molar-refractivity contribution in [1.82, 2.24) is 4.90 Å². The topological polar surface area (TPSA) is 29.5 Å². The van der Waals surface area contributed by atoms with Gasteiger partial charge in [0.15, 0.2) is 0 Å². The van der Waals surface area contributed by atoms with Gasteiger partial charge in [-0.3, -0.25) is 0 Å². The molecule has 0 amide bonds. The van der Waals surface area contributed by atoms with Crippen LogP contribution in [-0.2, 0) is 9.53 Å². The minimum atomic E-state index is -0.282. The van der Waals surface area contributed by atoms with E-state index in [4.69, 9.17) is 4.74 Å². The number of unbranched alkanes of at least 4 members (excludes halogenated alkanes) is 14. The molecule has 28 heavy (non-hydrogen) atoms. The quantitative estimate of drug-likeness (QED) is 0.107. The molecular formula is C24H48BrNO2. The summed E-state index contributed by atoms with van der Waals surface area (Å²) in [6.07, 6.45) is 21.0. The van der Waals surface area contributed by atoms with Crippen LogP contribution in [0.25, 0.3) is 0 Å². The number of halogens is 1. The highest BCUT2D eigenvalue weighted by Crippen LogP contribution is 2.13. The number of nitrogens with zero attached hydrogens (tertiary/aromatic N) is 1. The highest BCUT2D eigenvalue weighted by molar-refractivity contribution is 8.93. The molecule has 0 radical (unpaired) electrons. The van der Waals surface area contributed by atoms with Crippen LogP contribution < -0.4 is 0 Å². The number of hydrogen-bond acceptors (Lipinski definition) is 3. The first-order chi connectivity index (χ1) is 13.1. The minimum Gasteiger partial charge on any atom is -0.461 e. The van der Waals surface area contributed by atoms with Gasteiger partial charge >= 0.3 is 5.97 Å². The maximum absolute atomic E-state index is 11.3. The van der Waals surface area contributed by atoms with E-state index in [2.05, 4.69) is 25.5 Å². The average molecular weight is 463 g/mol. The summed E-state index contributed by atoms with van der Waals surface area (Å²) in [6.45, 7) is 9.90. The fourth-order valence-electron chi connectivity index (χ4n) is 3.28. The van der Waals surface area contributed by atoms with Gasteiger partial charge in [0.05, 0.1) is 0 Å². The van der Waals surface area contributed by atoms with Gasteiger partial charge in [-0.05, 0) is 26.9 Å². The van der Waals surface area contributed by atoms with Crippen LogP contribution in [0.15, 0.2) is 12.2 Å². The molecule has 0 bridgehead atoms. The highest BCUT2D eigenvalue weighted by atomic mass is 79.9. The van der Waals surface area contributed by atoms with Crippen LogP contribution in [0.1, 0.15) is 110 Å². The molecule has 0 N–H and O–H groups in total. The van der Waals surface area contributed by atoms with E-state index in [-0.39, 0.29) is 23.0 Å². The Hall–Kier alpha value is -0.350. The summed E-state index contributed by atoms with van der Waals surface area (Å²) in [5.74, 6) is -0.282. The summed E-state index contributed by atoms with van der Waals surface area (Å²) < 4.78 is 5.12. The highest BCUT2D eigenvalue weighted by Gasteiger charge is 2.04. The Morgan fingerprint density at radius 2 is 1.14 bits per heavy atom. The van der Waals surface area contributed by atoms with E-state index >= 15 is 0 Å². The monoisotopic (exact) mass is 461 g/mol. The third kappa shape index (κ3) is 21.9. The summed E-state index contributed by atoms with van der Waals surface area (Å²) in [4.78, 5) is 13.5. The zero-order valence-electron chi connectivity index (χ0n) is 19.1. The van der Waals surface area contributed by atoms with Crippen molar-refractivity contribution < 1.29 is 9.53 Å². The average Bonchev–Trinajstić information content (AvgIpc) is 2.64. The first kappa shape index (κ1) is 29.8. The van der Waals surface area contributed by atoms with E-state index in [1.165, 1.54) is 96.3 Å². The molecule has 0 saturated carbocycles. The largest absolute Gasteiger partial charge is 0.461 e. The van der Waals surface area contributed by atoms with E-state index < -0.39 is 0 Å². The molecule has 0 aliphatic heterocycles. The molecule has 4 heteroatoms. The standard InChI is InChI=1S/C24H47NO2.BrH/c1-5-6-7-8-9-10-11-12-13-14-15-16-17-18-19-20-25(4)21-22-27-24(26)23(2)3;/h2,5-22H2,1,3-4H3;1H. The molecule has 0 atom stereocenters. The van der Waals surface area contributed by atoms with Gasteiger partial charge in [0.2, 0.25) is 0 Å². The van der Waals surface area contributed by atoms with E-state index in [0.717, 1.165) is 13.1 Å². The van der Waals surface area contributed by atoms with Crippen molar-refractivity contribution in [2.75, 3.05) is 26.7 Å². The zero-order chi connectivity index (χ0) is 20.2.